The van der Waals surface area contributed by atoms with E-state index in [0.717, 1.165) is 11.3 Å². The molecule has 4 aromatic rings. The molecule has 0 unspecified atom stereocenters. The van der Waals surface area contributed by atoms with Gasteiger partial charge in [0.25, 0.3) is 5.56 Å². The molecule has 2 aromatic carbocycles. The zero-order valence-electron chi connectivity index (χ0n) is 16.0. The zero-order chi connectivity index (χ0) is 20.5. The van der Waals surface area contributed by atoms with Crippen LogP contribution in [0.15, 0.2) is 59.4 Å². The summed E-state index contributed by atoms with van der Waals surface area (Å²) in [7, 11) is 1.63. The van der Waals surface area contributed by atoms with Crippen LogP contribution in [-0.2, 0) is 0 Å². The van der Waals surface area contributed by atoms with Gasteiger partial charge in [-0.25, -0.2) is 0 Å². The Balaban J connectivity index is 1.41. The van der Waals surface area contributed by atoms with Gasteiger partial charge in [-0.05, 0) is 24.3 Å². The number of fused-ring (bicyclic) bond motifs is 2. The summed E-state index contributed by atoms with van der Waals surface area (Å²) in [5, 5.41) is 4.36. The first kappa shape index (κ1) is 18.4. The van der Waals surface area contributed by atoms with Gasteiger partial charge in [0.05, 0.1) is 11.6 Å². The van der Waals surface area contributed by atoms with Gasteiger partial charge < -0.3 is 14.2 Å². The van der Waals surface area contributed by atoms with Crippen LogP contribution in [0.25, 0.3) is 17.1 Å². The summed E-state index contributed by atoms with van der Waals surface area (Å²) in [6, 6.07) is 15.1. The summed E-state index contributed by atoms with van der Waals surface area (Å²) in [6.45, 7) is 0.295. The monoisotopic (exact) mass is 419 g/mol. The Hall–Kier alpha value is -3.65. The number of para-hydroxylation sites is 3. The molecule has 0 bridgehead atoms. The van der Waals surface area contributed by atoms with Crippen LogP contribution in [0.5, 0.6) is 17.2 Å². The third-order valence-electron chi connectivity index (χ3n) is 4.66. The molecule has 150 valence electrons. The molecule has 0 amide bonds. The first-order chi connectivity index (χ1) is 14.7. The Kier molecular flexibility index (Phi) is 4.68. The number of rotatable bonds is 4. The lowest BCUT2D eigenvalue weighted by Crippen LogP contribution is -2.25. The van der Waals surface area contributed by atoms with Crippen LogP contribution in [0, 0.1) is 0 Å². The average molecular weight is 419 g/mol. The van der Waals surface area contributed by atoms with Crippen molar-refractivity contribution in [2.75, 3.05) is 13.7 Å². The van der Waals surface area contributed by atoms with Crippen LogP contribution < -0.4 is 24.3 Å². The molecule has 0 spiro atoms. The van der Waals surface area contributed by atoms with E-state index in [1.54, 1.807) is 13.2 Å². The molecule has 2 aromatic heterocycles. The number of methoxy groups -OCH3 is 1. The van der Waals surface area contributed by atoms with Crippen molar-refractivity contribution >= 4 is 28.4 Å². The number of nitrogens with zero attached hydrogens (tertiary/aromatic N) is 3. The van der Waals surface area contributed by atoms with E-state index in [0.29, 0.717) is 33.4 Å². The summed E-state index contributed by atoms with van der Waals surface area (Å²) in [5.74, 6) is 2.54. The van der Waals surface area contributed by atoms with E-state index in [9.17, 15) is 4.79 Å². The Bertz CT molecular complexity index is 1360. The van der Waals surface area contributed by atoms with Crippen molar-refractivity contribution in [1.29, 1.82) is 0 Å². The predicted octanol–water partition coefficient (Wildman–Crippen LogP) is 2.88. The first-order valence-corrected chi connectivity index (χ1v) is 10.1. The van der Waals surface area contributed by atoms with Crippen LogP contribution in [0.2, 0.25) is 0 Å². The van der Waals surface area contributed by atoms with E-state index in [-0.39, 0.29) is 5.56 Å². The highest BCUT2D eigenvalue weighted by molar-refractivity contribution is 7.15. The fraction of sp³-hybridized carbons (Fsp3) is 0.136. The number of hydrogen-bond acceptors (Lipinski definition) is 7. The van der Waals surface area contributed by atoms with E-state index in [1.807, 2.05) is 60.7 Å². The summed E-state index contributed by atoms with van der Waals surface area (Å²) in [5.41, 5.74) is 0.718. The normalized spacial score (nSPS) is 16.4. The molecule has 8 heteroatoms. The van der Waals surface area contributed by atoms with E-state index in [1.165, 1.54) is 15.9 Å². The van der Waals surface area contributed by atoms with Crippen molar-refractivity contribution in [3.05, 3.63) is 80.9 Å². The molecule has 1 aliphatic heterocycles. The molecule has 30 heavy (non-hydrogen) atoms. The number of benzene rings is 2. The summed E-state index contributed by atoms with van der Waals surface area (Å²) >= 11 is 1.28. The molecule has 7 nitrogen and oxygen atoms in total. The maximum Gasteiger partial charge on any atom is 0.291 e. The van der Waals surface area contributed by atoms with E-state index >= 15 is 0 Å². The molecular weight excluding hydrogens is 402 g/mol. The van der Waals surface area contributed by atoms with Gasteiger partial charge in [-0.2, -0.15) is 9.50 Å². The average Bonchev–Trinajstić information content (AvgIpc) is 3.33. The lowest BCUT2D eigenvalue weighted by Gasteiger charge is -2.24. The summed E-state index contributed by atoms with van der Waals surface area (Å²) in [6.07, 6.45) is 5.01. The van der Waals surface area contributed by atoms with Crippen molar-refractivity contribution in [3.63, 3.8) is 0 Å². The highest BCUT2D eigenvalue weighted by atomic mass is 32.1. The molecule has 0 saturated heterocycles. The van der Waals surface area contributed by atoms with Gasteiger partial charge in [0, 0.05) is 5.56 Å². The van der Waals surface area contributed by atoms with Crippen LogP contribution in [-0.4, -0.2) is 28.3 Å². The largest absolute Gasteiger partial charge is 0.496 e. The topological polar surface area (TPSA) is 74.9 Å². The molecular formula is C22H17N3O4S. The van der Waals surface area contributed by atoms with Gasteiger partial charge >= 0.3 is 0 Å². The maximum absolute atomic E-state index is 12.7. The summed E-state index contributed by atoms with van der Waals surface area (Å²) < 4.78 is 18.8. The molecule has 5 rings (SSSR count). The Labute approximate surface area is 175 Å². The predicted molar refractivity (Wildman–Crippen MR) is 114 cm³/mol. The Morgan fingerprint density at radius 2 is 1.97 bits per heavy atom. The molecule has 0 aliphatic carbocycles. The van der Waals surface area contributed by atoms with Gasteiger partial charge in [-0.3, -0.25) is 4.79 Å². The van der Waals surface area contributed by atoms with Crippen LogP contribution in [0.1, 0.15) is 17.5 Å². The van der Waals surface area contributed by atoms with Crippen LogP contribution in [0.3, 0.4) is 0 Å². The lowest BCUT2D eigenvalue weighted by atomic mass is 10.2. The molecule has 1 aliphatic rings. The first-order valence-electron chi connectivity index (χ1n) is 9.32. The number of allylic oxidation sites excluding steroid dienone is 1. The molecule has 0 fully saturated rings. The number of thiazole rings is 1. The smallest absolute Gasteiger partial charge is 0.291 e. The minimum atomic E-state index is -0.454. The lowest BCUT2D eigenvalue weighted by molar-refractivity contribution is 0.0852. The SMILES string of the molecule is COc1ccccc1/C=C/C=c1\sc2nc([C@@H]3COc4ccccc4O3)nn2c1=O. The third kappa shape index (κ3) is 3.31. The Morgan fingerprint density at radius 3 is 2.80 bits per heavy atom. The number of hydrogen-bond donors (Lipinski definition) is 0. The Morgan fingerprint density at radius 1 is 1.17 bits per heavy atom. The van der Waals surface area contributed by atoms with Crippen LogP contribution in [0.4, 0.5) is 0 Å². The molecule has 0 N–H and O–H groups in total. The number of aromatic nitrogens is 3. The van der Waals surface area contributed by atoms with Gasteiger partial charge in [-0.1, -0.05) is 53.8 Å². The van der Waals surface area contributed by atoms with Crippen LogP contribution >= 0.6 is 11.3 Å². The minimum Gasteiger partial charge on any atom is -0.496 e. The second-order valence-electron chi connectivity index (χ2n) is 6.57. The fourth-order valence-electron chi connectivity index (χ4n) is 3.19. The van der Waals surface area contributed by atoms with Gasteiger partial charge in [0.15, 0.2) is 23.4 Å². The fourth-order valence-corrected chi connectivity index (χ4v) is 4.06. The van der Waals surface area contributed by atoms with E-state index < -0.39 is 6.10 Å². The standard InChI is InChI=1S/C22H17N3O4S/c1-27-15-9-3-2-7-14(15)8-6-12-19-21(26)25-22(30-19)23-20(24-25)18-13-28-16-10-4-5-11-17(16)29-18/h2-12,18H,13H2,1H3/b8-6+,19-12-/t18-/m0/s1. The van der Waals surface area contributed by atoms with E-state index in [4.69, 9.17) is 14.2 Å². The molecule has 3 heterocycles. The van der Waals surface area contributed by atoms with Crippen molar-refractivity contribution in [1.82, 2.24) is 14.6 Å². The molecule has 0 saturated carbocycles. The van der Waals surface area contributed by atoms with Gasteiger partial charge in [0.2, 0.25) is 4.96 Å². The number of ether oxygens (including phenoxy) is 3. The van der Waals surface area contributed by atoms with Gasteiger partial charge in [0.1, 0.15) is 12.4 Å². The quantitative estimate of drug-likeness (QED) is 0.506. The van der Waals surface area contributed by atoms with Crippen molar-refractivity contribution in [2.45, 2.75) is 6.10 Å². The zero-order valence-corrected chi connectivity index (χ0v) is 16.8. The second kappa shape index (κ2) is 7.64. The second-order valence-corrected chi connectivity index (χ2v) is 7.58. The summed E-state index contributed by atoms with van der Waals surface area (Å²) in [4.78, 5) is 17.7. The van der Waals surface area contributed by atoms with Crippen molar-refractivity contribution < 1.29 is 14.2 Å². The third-order valence-corrected chi connectivity index (χ3v) is 5.63. The molecule has 1 atom stereocenters. The maximum atomic E-state index is 12.7. The molecule has 0 radical (unpaired) electrons. The highest BCUT2D eigenvalue weighted by Gasteiger charge is 2.26. The highest BCUT2D eigenvalue weighted by Crippen LogP contribution is 2.35. The van der Waals surface area contributed by atoms with Crippen molar-refractivity contribution in [3.8, 4) is 17.2 Å². The van der Waals surface area contributed by atoms with Crippen molar-refractivity contribution in [2.24, 2.45) is 0 Å². The minimum absolute atomic E-state index is 0.212. The van der Waals surface area contributed by atoms with E-state index in [2.05, 4.69) is 10.1 Å². The van der Waals surface area contributed by atoms with Gasteiger partial charge in [-0.15, -0.1) is 5.10 Å².